The molecule has 0 atom stereocenters. The fourth-order valence-electron chi connectivity index (χ4n) is 4.60. The van der Waals surface area contributed by atoms with E-state index in [2.05, 4.69) is 0 Å². The minimum absolute atomic E-state index is 0.104. The first kappa shape index (κ1) is 24.6. The molecule has 1 saturated carbocycles. The van der Waals surface area contributed by atoms with Crippen molar-refractivity contribution >= 4 is 29.3 Å². The number of sulfonamides is 1. The molecule has 0 amide bonds. The number of benzene rings is 2. The topological polar surface area (TPSA) is 82.1 Å². The molecule has 180 valence electrons. The van der Waals surface area contributed by atoms with E-state index in [1.807, 2.05) is 12.1 Å². The van der Waals surface area contributed by atoms with Gasteiger partial charge in [-0.3, -0.25) is 4.79 Å². The Morgan fingerprint density at radius 2 is 1.79 bits per heavy atom. The molecule has 1 fully saturated rings. The molecule has 0 saturated heterocycles. The second-order valence-electron chi connectivity index (χ2n) is 8.82. The highest BCUT2D eigenvalue weighted by molar-refractivity contribution is 7.89. The number of fused-ring (bicyclic) bond motifs is 1. The Kier molecular flexibility index (Phi) is 7.83. The number of rotatable bonds is 8. The average Bonchev–Trinajstić information content (AvgIpc) is 2.84. The van der Waals surface area contributed by atoms with E-state index in [0.29, 0.717) is 56.2 Å². The molecular formula is C25H30BNO6S. The second-order valence-corrected chi connectivity index (χ2v) is 10.8. The van der Waals surface area contributed by atoms with Crippen molar-refractivity contribution in [3.8, 4) is 11.5 Å². The molecule has 1 aliphatic carbocycles. The van der Waals surface area contributed by atoms with Crippen LogP contribution in [0.15, 0.2) is 47.4 Å². The highest BCUT2D eigenvalue weighted by atomic mass is 32.2. The van der Waals surface area contributed by atoms with Crippen molar-refractivity contribution in [1.82, 2.24) is 4.31 Å². The second kappa shape index (κ2) is 10.8. The molecular weight excluding hydrogens is 453 g/mol. The Morgan fingerprint density at radius 1 is 1.06 bits per heavy atom. The lowest BCUT2D eigenvalue weighted by Crippen LogP contribution is -2.37. The van der Waals surface area contributed by atoms with Crippen LogP contribution < -0.4 is 14.9 Å². The molecule has 0 bridgehead atoms. The van der Waals surface area contributed by atoms with Gasteiger partial charge in [0, 0.05) is 19.2 Å². The summed E-state index contributed by atoms with van der Waals surface area (Å²) >= 11 is 0. The lowest BCUT2D eigenvalue weighted by molar-refractivity contribution is -0.149. The van der Waals surface area contributed by atoms with Crippen LogP contribution in [0, 0.1) is 11.8 Å². The summed E-state index contributed by atoms with van der Waals surface area (Å²) in [5, 5.41) is 0. The van der Waals surface area contributed by atoms with Crippen molar-refractivity contribution in [2.24, 2.45) is 11.8 Å². The summed E-state index contributed by atoms with van der Waals surface area (Å²) < 4.78 is 45.4. The Hall–Kier alpha value is -2.52. The molecule has 4 rings (SSSR count). The van der Waals surface area contributed by atoms with Gasteiger partial charge in [-0.25, -0.2) is 8.42 Å². The maximum absolute atomic E-state index is 13.8. The zero-order chi connectivity index (χ0) is 24.1. The molecule has 0 spiro atoms. The van der Waals surface area contributed by atoms with Crippen LogP contribution in [0.1, 0.15) is 38.2 Å². The van der Waals surface area contributed by atoms with Gasteiger partial charge >= 0.3 is 5.97 Å². The third-order valence-corrected chi connectivity index (χ3v) is 8.20. The summed E-state index contributed by atoms with van der Waals surface area (Å²) in [5.74, 6) is 0.879. The predicted octanol–water partition coefficient (Wildman–Crippen LogP) is 2.81. The van der Waals surface area contributed by atoms with E-state index in [0.717, 1.165) is 18.4 Å². The minimum atomic E-state index is -3.82. The number of carbonyl (C=O) groups excluding carboxylic acids is 1. The predicted molar refractivity (Wildman–Crippen MR) is 129 cm³/mol. The average molecular weight is 483 g/mol. The molecule has 2 aromatic rings. The largest absolute Gasteiger partial charge is 0.486 e. The lowest BCUT2D eigenvalue weighted by atomic mass is 9.82. The summed E-state index contributed by atoms with van der Waals surface area (Å²) in [4.78, 5) is 12.3. The smallest absolute Gasteiger partial charge is 0.308 e. The van der Waals surface area contributed by atoms with E-state index in [-0.39, 0.29) is 29.2 Å². The molecule has 2 aliphatic rings. The van der Waals surface area contributed by atoms with E-state index >= 15 is 0 Å². The Balaban J connectivity index is 1.55. The monoisotopic (exact) mass is 483 g/mol. The van der Waals surface area contributed by atoms with E-state index in [4.69, 9.17) is 22.1 Å². The van der Waals surface area contributed by atoms with E-state index in [1.165, 1.54) is 10.4 Å². The Bertz CT molecular complexity index is 1110. The standard InChI is InChI=1S/C25H30BNO6S/c1-2-31-25(28)20-8-6-18(7-9-20)16-27(17-19-4-3-5-21(26)14-19)34(29,30)22-10-11-23-24(15-22)33-13-12-32-23/h3-5,10-11,14-15,18,20H,2,6-9,12-13,16-17H2,1H3. The summed E-state index contributed by atoms with van der Waals surface area (Å²) in [5.41, 5.74) is 1.41. The highest BCUT2D eigenvalue weighted by Crippen LogP contribution is 2.35. The van der Waals surface area contributed by atoms with Crippen LogP contribution >= 0.6 is 0 Å². The quantitative estimate of drug-likeness (QED) is 0.424. The summed E-state index contributed by atoms with van der Waals surface area (Å²) in [6.07, 6.45) is 2.96. The number of esters is 1. The summed E-state index contributed by atoms with van der Waals surface area (Å²) in [7, 11) is 2.12. The number of ether oxygens (including phenoxy) is 3. The fraction of sp³-hybridized carbons (Fsp3) is 0.480. The van der Waals surface area contributed by atoms with Gasteiger partial charge < -0.3 is 14.2 Å². The lowest BCUT2D eigenvalue weighted by Gasteiger charge is -2.32. The fourth-order valence-corrected chi connectivity index (χ4v) is 6.13. The number of nitrogens with zero attached hydrogens (tertiary/aromatic N) is 1. The maximum atomic E-state index is 13.8. The molecule has 2 radical (unpaired) electrons. The molecule has 1 heterocycles. The van der Waals surface area contributed by atoms with Crippen LogP contribution in [0.5, 0.6) is 11.5 Å². The number of carbonyl (C=O) groups is 1. The number of hydrogen-bond acceptors (Lipinski definition) is 6. The first-order valence-electron chi connectivity index (χ1n) is 11.8. The van der Waals surface area contributed by atoms with Crippen LogP contribution in [0.2, 0.25) is 0 Å². The zero-order valence-corrected chi connectivity index (χ0v) is 20.3. The first-order chi connectivity index (χ1) is 16.4. The summed E-state index contributed by atoms with van der Waals surface area (Å²) in [6.45, 7) is 3.57. The molecule has 9 heteroatoms. The SMILES string of the molecule is [B]c1cccc(CN(CC2CCC(C(=O)OCC)CC2)S(=O)(=O)c2ccc3c(c2)OCCO3)c1. The van der Waals surface area contributed by atoms with Crippen molar-refractivity contribution in [3.05, 3.63) is 48.0 Å². The molecule has 34 heavy (non-hydrogen) atoms. The number of hydrogen-bond donors (Lipinski definition) is 0. The van der Waals surface area contributed by atoms with Gasteiger partial charge in [-0.2, -0.15) is 4.31 Å². The van der Waals surface area contributed by atoms with Crippen LogP contribution in [-0.4, -0.2) is 52.9 Å². The van der Waals surface area contributed by atoms with Gasteiger partial charge in [0.1, 0.15) is 21.1 Å². The molecule has 7 nitrogen and oxygen atoms in total. The van der Waals surface area contributed by atoms with E-state index in [9.17, 15) is 13.2 Å². The summed E-state index contributed by atoms with van der Waals surface area (Å²) in [6, 6.07) is 12.0. The highest BCUT2D eigenvalue weighted by Gasteiger charge is 2.32. The third kappa shape index (κ3) is 5.75. The van der Waals surface area contributed by atoms with Gasteiger partial charge in [-0.1, -0.05) is 29.7 Å². The van der Waals surface area contributed by atoms with Gasteiger partial charge in [0.2, 0.25) is 10.0 Å². The molecule has 2 aromatic carbocycles. The van der Waals surface area contributed by atoms with Crippen molar-refractivity contribution in [2.45, 2.75) is 44.0 Å². The van der Waals surface area contributed by atoms with Crippen LogP contribution in [0.4, 0.5) is 0 Å². The minimum Gasteiger partial charge on any atom is -0.486 e. The van der Waals surface area contributed by atoms with E-state index in [1.54, 1.807) is 31.2 Å². The van der Waals surface area contributed by atoms with Crippen LogP contribution in [0.25, 0.3) is 0 Å². The maximum Gasteiger partial charge on any atom is 0.308 e. The van der Waals surface area contributed by atoms with Gasteiger partial charge in [0.05, 0.1) is 17.4 Å². The third-order valence-electron chi connectivity index (χ3n) is 6.39. The van der Waals surface area contributed by atoms with Crippen LogP contribution in [-0.2, 0) is 26.1 Å². The van der Waals surface area contributed by atoms with Crippen molar-refractivity contribution in [2.75, 3.05) is 26.4 Å². The molecule has 0 N–H and O–H groups in total. The van der Waals surface area contributed by atoms with Crippen molar-refractivity contribution in [1.29, 1.82) is 0 Å². The van der Waals surface area contributed by atoms with Gasteiger partial charge in [0.15, 0.2) is 11.5 Å². The molecule has 0 aromatic heterocycles. The van der Waals surface area contributed by atoms with Gasteiger partial charge in [0.25, 0.3) is 0 Å². The normalized spacial score (nSPS) is 20.2. The Morgan fingerprint density at radius 3 is 2.50 bits per heavy atom. The van der Waals surface area contributed by atoms with Crippen molar-refractivity contribution in [3.63, 3.8) is 0 Å². The van der Waals surface area contributed by atoms with Crippen molar-refractivity contribution < 1.29 is 27.4 Å². The first-order valence-corrected chi connectivity index (χ1v) is 13.2. The van der Waals surface area contributed by atoms with Crippen LogP contribution in [0.3, 0.4) is 0 Å². The molecule has 0 unspecified atom stereocenters. The molecule has 1 aliphatic heterocycles. The van der Waals surface area contributed by atoms with Gasteiger partial charge in [-0.15, -0.1) is 0 Å². The Labute approximate surface area is 202 Å². The van der Waals surface area contributed by atoms with Gasteiger partial charge in [-0.05, 0) is 56.2 Å². The zero-order valence-electron chi connectivity index (χ0n) is 19.4. The van der Waals surface area contributed by atoms with E-state index < -0.39 is 10.0 Å².